The first kappa shape index (κ1) is 12.5. The summed E-state index contributed by atoms with van der Waals surface area (Å²) in [6.07, 6.45) is 7.04. The fraction of sp³-hybridized carbons (Fsp3) is 0.647. The minimum atomic E-state index is 0.653. The lowest BCUT2D eigenvalue weighted by molar-refractivity contribution is 0.265. The molecule has 0 amide bonds. The van der Waals surface area contributed by atoms with Gasteiger partial charge in [0.15, 0.2) is 0 Å². The highest BCUT2D eigenvalue weighted by atomic mass is 16.5. The zero-order valence-corrected chi connectivity index (χ0v) is 12.0. The molecular weight excluding hydrogens is 250 g/mol. The van der Waals surface area contributed by atoms with E-state index in [1.165, 1.54) is 35.3 Å². The van der Waals surface area contributed by atoms with E-state index in [2.05, 4.69) is 11.4 Å². The maximum atomic E-state index is 6.10. The molecule has 3 nitrogen and oxygen atoms in total. The highest BCUT2D eigenvalue weighted by molar-refractivity contribution is 5.56. The number of piperidine rings is 1. The standard InChI is InChI=1S/C17H23NO2/c1-3-13-11-15-14(4-2-9-19-15)16(17(13)20-10-1)12-5-7-18-8-6-12/h11-12,18H,1-10H2. The van der Waals surface area contributed by atoms with Crippen LogP contribution in [0.15, 0.2) is 6.07 Å². The van der Waals surface area contributed by atoms with Gasteiger partial charge in [0, 0.05) is 11.1 Å². The van der Waals surface area contributed by atoms with E-state index in [-0.39, 0.29) is 0 Å². The predicted molar refractivity (Wildman–Crippen MR) is 78.9 cm³/mol. The Morgan fingerprint density at radius 3 is 2.70 bits per heavy atom. The van der Waals surface area contributed by atoms with Crippen LogP contribution in [0.4, 0.5) is 0 Å². The summed E-state index contributed by atoms with van der Waals surface area (Å²) in [7, 11) is 0. The van der Waals surface area contributed by atoms with E-state index < -0.39 is 0 Å². The van der Waals surface area contributed by atoms with Gasteiger partial charge in [0.25, 0.3) is 0 Å². The number of rotatable bonds is 1. The van der Waals surface area contributed by atoms with Gasteiger partial charge >= 0.3 is 0 Å². The fourth-order valence-corrected chi connectivity index (χ4v) is 3.91. The van der Waals surface area contributed by atoms with Crippen molar-refractivity contribution in [2.75, 3.05) is 26.3 Å². The van der Waals surface area contributed by atoms with Gasteiger partial charge in [0.2, 0.25) is 0 Å². The number of fused-ring (bicyclic) bond motifs is 2. The van der Waals surface area contributed by atoms with Crippen LogP contribution in [0.3, 0.4) is 0 Å². The third-order valence-electron chi connectivity index (χ3n) is 4.88. The summed E-state index contributed by atoms with van der Waals surface area (Å²) in [5.41, 5.74) is 4.33. The molecule has 1 N–H and O–H groups in total. The van der Waals surface area contributed by atoms with E-state index in [1.807, 2.05) is 0 Å². The molecule has 0 saturated carbocycles. The average molecular weight is 273 g/mol. The molecule has 1 saturated heterocycles. The van der Waals surface area contributed by atoms with Gasteiger partial charge in [-0.05, 0) is 69.2 Å². The normalized spacial score (nSPS) is 22.4. The van der Waals surface area contributed by atoms with Crippen molar-refractivity contribution in [1.29, 1.82) is 0 Å². The molecule has 3 heterocycles. The minimum Gasteiger partial charge on any atom is -0.493 e. The van der Waals surface area contributed by atoms with Gasteiger partial charge in [-0.3, -0.25) is 0 Å². The van der Waals surface area contributed by atoms with Crippen LogP contribution in [-0.4, -0.2) is 26.3 Å². The number of nitrogens with one attached hydrogen (secondary N) is 1. The van der Waals surface area contributed by atoms with Gasteiger partial charge < -0.3 is 14.8 Å². The second kappa shape index (κ2) is 5.28. The number of benzene rings is 1. The topological polar surface area (TPSA) is 30.5 Å². The van der Waals surface area contributed by atoms with Gasteiger partial charge in [-0.1, -0.05) is 0 Å². The highest BCUT2D eigenvalue weighted by Gasteiger charge is 2.29. The summed E-state index contributed by atoms with van der Waals surface area (Å²) in [6.45, 7) is 4.01. The van der Waals surface area contributed by atoms with E-state index in [1.54, 1.807) is 0 Å². The van der Waals surface area contributed by atoms with Crippen LogP contribution in [0, 0.1) is 0 Å². The molecule has 3 heteroatoms. The van der Waals surface area contributed by atoms with Crippen molar-refractivity contribution in [3.8, 4) is 11.5 Å². The Bertz CT molecular complexity index is 472. The molecule has 3 aliphatic rings. The molecule has 0 unspecified atom stereocenters. The van der Waals surface area contributed by atoms with Crippen molar-refractivity contribution in [2.45, 2.75) is 44.4 Å². The van der Waals surface area contributed by atoms with E-state index in [4.69, 9.17) is 9.47 Å². The van der Waals surface area contributed by atoms with E-state index in [9.17, 15) is 0 Å². The Balaban J connectivity index is 1.84. The lowest BCUT2D eigenvalue weighted by Gasteiger charge is -2.32. The second-order valence-corrected chi connectivity index (χ2v) is 6.18. The van der Waals surface area contributed by atoms with Crippen molar-refractivity contribution in [1.82, 2.24) is 5.32 Å². The van der Waals surface area contributed by atoms with Crippen molar-refractivity contribution < 1.29 is 9.47 Å². The molecule has 1 aromatic carbocycles. The van der Waals surface area contributed by atoms with Gasteiger partial charge in [0.1, 0.15) is 11.5 Å². The van der Waals surface area contributed by atoms with Crippen molar-refractivity contribution in [3.05, 3.63) is 22.8 Å². The van der Waals surface area contributed by atoms with E-state index in [0.29, 0.717) is 5.92 Å². The van der Waals surface area contributed by atoms with Gasteiger partial charge in [0.05, 0.1) is 13.2 Å². The van der Waals surface area contributed by atoms with Gasteiger partial charge in [-0.2, -0.15) is 0 Å². The third kappa shape index (κ3) is 2.08. The summed E-state index contributed by atoms with van der Waals surface area (Å²) in [4.78, 5) is 0. The first-order valence-corrected chi connectivity index (χ1v) is 8.08. The van der Waals surface area contributed by atoms with E-state index in [0.717, 1.165) is 57.7 Å². The number of aryl methyl sites for hydroxylation is 1. The molecule has 4 rings (SSSR count). The zero-order chi connectivity index (χ0) is 13.4. The molecule has 20 heavy (non-hydrogen) atoms. The van der Waals surface area contributed by atoms with Crippen LogP contribution in [0.2, 0.25) is 0 Å². The molecule has 0 aromatic heterocycles. The SMILES string of the molecule is c1c2c(c(C3CCNCC3)c3c1OCCC3)OCCC2. The van der Waals surface area contributed by atoms with Crippen molar-refractivity contribution in [2.24, 2.45) is 0 Å². The molecule has 0 spiro atoms. The zero-order valence-electron chi connectivity index (χ0n) is 12.0. The van der Waals surface area contributed by atoms with Gasteiger partial charge in [-0.15, -0.1) is 0 Å². The summed E-state index contributed by atoms with van der Waals surface area (Å²) in [6, 6.07) is 2.26. The Kier molecular flexibility index (Phi) is 3.31. The minimum absolute atomic E-state index is 0.653. The molecule has 0 atom stereocenters. The Labute approximate surface area is 120 Å². The summed E-state index contributed by atoms with van der Waals surface area (Å²) in [5, 5.41) is 3.47. The average Bonchev–Trinajstić information content (AvgIpc) is 2.53. The maximum Gasteiger partial charge on any atom is 0.126 e. The fourth-order valence-electron chi connectivity index (χ4n) is 3.91. The van der Waals surface area contributed by atoms with Crippen molar-refractivity contribution in [3.63, 3.8) is 0 Å². The molecule has 1 fully saturated rings. The maximum absolute atomic E-state index is 6.10. The van der Waals surface area contributed by atoms with Gasteiger partial charge in [-0.25, -0.2) is 0 Å². The molecule has 1 aromatic rings. The lowest BCUT2D eigenvalue weighted by Crippen LogP contribution is -2.28. The van der Waals surface area contributed by atoms with Crippen LogP contribution in [0.25, 0.3) is 0 Å². The van der Waals surface area contributed by atoms with Crippen LogP contribution in [0.5, 0.6) is 11.5 Å². The lowest BCUT2D eigenvalue weighted by atomic mass is 9.82. The quantitative estimate of drug-likeness (QED) is 0.853. The summed E-state index contributed by atoms with van der Waals surface area (Å²) >= 11 is 0. The molecule has 0 bridgehead atoms. The third-order valence-corrected chi connectivity index (χ3v) is 4.88. The van der Waals surface area contributed by atoms with E-state index >= 15 is 0 Å². The first-order valence-electron chi connectivity index (χ1n) is 8.08. The molecule has 3 aliphatic heterocycles. The van der Waals surface area contributed by atoms with Crippen LogP contribution < -0.4 is 14.8 Å². The Morgan fingerprint density at radius 1 is 1.00 bits per heavy atom. The molecule has 108 valence electrons. The van der Waals surface area contributed by atoms with Crippen molar-refractivity contribution >= 4 is 0 Å². The van der Waals surface area contributed by atoms with Crippen LogP contribution >= 0.6 is 0 Å². The summed E-state index contributed by atoms with van der Waals surface area (Å²) < 4.78 is 12.0. The largest absolute Gasteiger partial charge is 0.493 e. The Morgan fingerprint density at radius 2 is 1.80 bits per heavy atom. The smallest absolute Gasteiger partial charge is 0.126 e. The number of hydrogen-bond donors (Lipinski definition) is 1. The highest BCUT2D eigenvalue weighted by Crippen LogP contribution is 2.45. The second-order valence-electron chi connectivity index (χ2n) is 6.18. The number of hydrogen-bond acceptors (Lipinski definition) is 3. The molecular formula is C17H23NO2. The Hall–Kier alpha value is -1.22. The predicted octanol–water partition coefficient (Wildman–Crippen LogP) is 2.80. The number of ether oxygens (including phenoxy) is 2. The first-order chi connectivity index (χ1) is 9.93. The molecule has 0 radical (unpaired) electrons. The van der Waals surface area contributed by atoms with Crippen LogP contribution in [-0.2, 0) is 12.8 Å². The van der Waals surface area contributed by atoms with Crippen LogP contribution in [0.1, 0.15) is 48.3 Å². The molecule has 0 aliphatic carbocycles. The monoisotopic (exact) mass is 273 g/mol. The summed E-state index contributed by atoms with van der Waals surface area (Å²) in [5.74, 6) is 3.01.